The summed E-state index contributed by atoms with van der Waals surface area (Å²) in [5, 5.41) is 3.24. The zero-order valence-corrected chi connectivity index (χ0v) is 12.8. The molecule has 0 amide bonds. The molecule has 0 aliphatic heterocycles. The third kappa shape index (κ3) is 2.57. The molecule has 1 nitrogen and oxygen atoms in total. The maximum atomic E-state index is 4.46. The molecule has 3 rings (SSSR count). The van der Waals surface area contributed by atoms with Crippen LogP contribution in [0.25, 0.3) is 21.8 Å². The summed E-state index contributed by atoms with van der Waals surface area (Å²) in [5.41, 5.74) is 2.71. The van der Waals surface area contributed by atoms with Crippen molar-refractivity contribution in [2.24, 2.45) is 0 Å². The van der Waals surface area contributed by atoms with Crippen LogP contribution in [-0.4, -0.2) is 9.82 Å². The van der Waals surface area contributed by atoms with Crippen molar-refractivity contribution in [1.82, 2.24) is 4.57 Å². The molecule has 2 aromatic carbocycles. The van der Waals surface area contributed by atoms with Gasteiger partial charge in [0, 0.05) is 28.4 Å². The van der Waals surface area contributed by atoms with Crippen LogP contribution in [0.5, 0.6) is 0 Å². The number of hydrogen-bond donors (Lipinski definition) is 1. The summed E-state index contributed by atoms with van der Waals surface area (Å²) < 4.78 is 2.47. The molecule has 0 spiro atoms. The molecule has 0 aliphatic carbocycles. The first-order valence-corrected chi connectivity index (χ1v) is 7.93. The zero-order chi connectivity index (χ0) is 13.9. The quantitative estimate of drug-likeness (QED) is 0.480. The Hall–Kier alpha value is -1.41. The van der Waals surface area contributed by atoms with Crippen molar-refractivity contribution in [1.29, 1.82) is 0 Å². The number of nitrogens with zero attached hydrogens (tertiary/aromatic N) is 1. The van der Waals surface area contributed by atoms with Crippen LogP contribution >= 0.6 is 12.6 Å². The summed E-state index contributed by atoms with van der Waals surface area (Å²) in [5.74, 6) is 0. The first-order valence-electron chi connectivity index (χ1n) is 7.41. The molecule has 1 heterocycles. The number of benzene rings is 2. The monoisotopic (exact) mass is 283 g/mol. The van der Waals surface area contributed by atoms with Gasteiger partial charge in [-0.15, -0.1) is 0 Å². The lowest BCUT2D eigenvalue weighted by Crippen LogP contribution is -1.99. The van der Waals surface area contributed by atoms with Crippen LogP contribution in [0.2, 0.25) is 0 Å². The van der Waals surface area contributed by atoms with Gasteiger partial charge in [0.25, 0.3) is 0 Å². The Bertz CT molecular complexity index is 658. The van der Waals surface area contributed by atoms with E-state index in [2.05, 4.69) is 72.7 Å². The zero-order valence-electron chi connectivity index (χ0n) is 11.9. The number of rotatable bonds is 5. The van der Waals surface area contributed by atoms with Gasteiger partial charge in [-0.05, 0) is 30.2 Å². The molecular formula is C18H21NS. The van der Waals surface area contributed by atoms with Crippen LogP contribution in [0.1, 0.15) is 26.2 Å². The minimum Gasteiger partial charge on any atom is -0.340 e. The van der Waals surface area contributed by atoms with Crippen molar-refractivity contribution in [3.8, 4) is 0 Å². The molecule has 2 heteroatoms. The molecule has 0 radical (unpaired) electrons. The fraction of sp³-hybridized carbons (Fsp3) is 0.333. The minimum atomic E-state index is 0.508. The Balaban J connectivity index is 1.95. The van der Waals surface area contributed by atoms with E-state index in [1.165, 1.54) is 41.1 Å². The van der Waals surface area contributed by atoms with Gasteiger partial charge in [0.1, 0.15) is 0 Å². The van der Waals surface area contributed by atoms with Crippen LogP contribution in [-0.2, 0) is 6.54 Å². The fourth-order valence-electron chi connectivity index (χ4n) is 2.95. The Labute approximate surface area is 126 Å². The molecule has 0 aliphatic rings. The summed E-state index contributed by atoms with van der Waals surface area (Å²) in [4.78, 5) is 0. The Kier molecular flexibility index (Phi) is 4.02. The van der Waals surface area contributed by atoms with E-state index in [4.69, 9.17) is 0 Å². The molecular weight excluding hydrogens is 262 g/mol. The Morgan fingerprint density at radius 3 is 2.00 bits per heavy atom. The van der Waals surface area contributed by atoms with Crippen molar-refractivity contribution < 1.29 is 0 Å². The summed E-state index contributed by atoms with van der Waals surface area (Å²) in [6, 6.07) is 17.4. The molecule has 1 unspecified atom stereocenters. The van der Waals surface area contributed by atoms with E-state index in [9.17, 15) is 0 Å². The average Bonchev–Trinajstić information content (AvgIpc) is 2.78. The fourth-order valence-corrected chi connectivity index (χ4v) is 3.14. The lowest BCUT2D eigenvalue weighted by atomic mass is 10.2. The van der Waals surface area contributed by atoms with Crippen LogP contribution in [0.4, 0.5) is 0 Å². The van der Waals surface area contributed by atoms with E-state index in [1.807, 2.05) is 0 Å². The van der Waals surface area contributed by atoms with E-state index in [0.29, 0.717) is 5.25 Å². The van der Waals surface area contributed by atoms with Gasteiger partial charge in [-0.2, -0.15) is 12.6 Å². The third-order valence-corrected chi connectivity index (χ3v) is 4.19. The first kappa shape index (κ1) is 13.6. The first-order chi connectivity index (χ1) is 9.77. The second kappa shape index (κ2) is 5.92. The average molecular weight is 283 g/mol. The van der Waals surface area contributed by atoms with Gasteiger partial charge in [-0.1, -0.05) is 49.7 Å². The Morgan fingerprint density at radius 2 is 1.45 bits per heavy atom. The van der Waals surface area contributed by atoms with Crippen molar-refractivity contribution in [2.45, 2.75) is 38.0 Å². The predicted octanol–water partition coefficient (Wildman–Crippen LogP) is 5.28. The maximum absolute atomic E-state index is 4.46. The van der Waals surface area contributed by atoms with Gasteiger partial charge in [0.2, 0.25) is 0 Å². The summed E-state index contributed by atoms with van der Waals surface area (Å²) in [6.45, 7) is 3.26. The highest BCUT2D eigenvalue weighted by atomic mass is 32.1. The van der Waals surface area contributed by atoms with Crippen molar-refractivity contribution >= 4 is 34.4 Å². The number of para-hydroxylation sites is 2. The molecule has 1 atom stereocenters. The second-order valence-electron chi connectivity index (χ2n) is 5.53. The number of fused-ring (bicyclic) bond motifs is 3. The molecule has 20 heavy (non-hydrogen) atoms. The molecule has 1 aromatic heterocycles. The van der Waals surface area contributed by atoms with Crippen LogP contribution in [0, 0.1) is 0 Å². The van der Waals surface area contributed by atoms with E-state index >= 15 is 0 Å². The topological polar surface area (TPSA) is 4.93 Å². The summed E-state index contributed by atoms with van der Waals surface area (Å²) in [7, 11) is 0. The lowest BCUT2D eigenvalue weighted by Gasteiger charge is -2.08. The Morgan fingerprint density at radius 1 is 0.900 bits per heavy atom. The molecule has 0 bridgehead atoms. The molecule has 0 fully saturated rings. The van der Waals surface area contributed by atoms with Crippen LogP contribution in [0.3, 0.4) is 0 Å². The predicted molar refractivity (Wildman–Crippen MR) is 91.7 cm³/mol. The molecule has 0 saturated carbocycles. The highest BCUT2D eigenvalue weighted by Gasteiger charge is 2.08. The maximum Gasteiger partial charge on any atom is 0.0491 e. The third-order valence-electron chi connectivity index (χ3n) is 3.93. The number of unbranched alkanes of at least 4 members (excludes halogenated alkanes) is 1. The van der Waals surface area contributed by atoms with Gasteiger partial charge >= 0.3 is 0 Å². The molecule has 104 valence electrons. The normalized spacial score (nSPS) is 13.1. The molecule has 0 N–H and O–H groups in total. The smallest absolute Gasteiger partial charge is 0.0491 e. The lowest BCUT2D eigenvalue weighted by molar-refractivity contribution is 0.608. The van der Waals surface area contributed by atoms with Crippen molar-refractivity contribution in [3.63, 3.8) is 0 Å². The minimum absolute atomic E-state index is 0.508. The second-order valence-corrected chi connectivity index (χ2v) is 6.41. The van der Waals surface area contributed by atoms with E-state index in [-0.39, 0.29) is 0 Å². The van der Waals surface area contributed by atoms with E-state index < -0.39 is 0 Å². The van der Waals surface area contributed by atoms with Gasteiger partial charge in [0.05, 0.1) is 0 Å². The van der Waals surface area contributed by atoms with Crippen molar-refractivity contribution in [2.75, 3.05) is 0 Å². The SMILES string of the molecule is CC(S)CCCCn1c2ccccc2c2ccccc21. The van der Waals surface area contributed by atoms with Crippen LogP contribution in [0.15, 0.2) is 48.5 Å². The molecule has 3 aromatic rings. The van der Waals surface area contributed by atoms with Gasteiger partial charge in [-0.25, -0.2) is 0 Å². The van der Waals surface area contributed by atoms with Crippen molar-refractivity contribution in [3.05, 3.63) is 48.5 Å². The number of thiol groups is 1. The molecule has 0 saturated heterocycles. The highest BCUT2D eigenvalue weighted by Crippen LogP contribution is 2.29. The highest BCUT2D eigenvalue weighted by molar-refractivity contribution is 7.80. The standard InChI is InChI=1S/C18H21NS/c1-14(20)8-6-7-13-19-17-11-4-2-9-15(17)16-10-3-5-12-18(16)19/h2-5,9-12,14,20H,6-8,13H2,1H3. The van der Waals surface area contributed by atoms with E-state index in [0.717, 1.165) is 6.54 Å². The summed E-state index contributed by atoms with van der Waals surface area (Å²) >= 11 is 4.46. The van der Waals surface area contributed by atoms with Crippen LogP contribution < -0.4 is 0 Å². The largest absolute Gasteiger partial charge is 0.340 e. The number of aromatic nitrogens is 1. The van der Waals surface area contributed by atoms with E-state index in [1.54, 1.807) is 0 Å². The van der Waals surface area contributed by atoms with Gasteiger partial charge < -0.3 is 4.57 Å². The summed E-state index contributed by atoms with van der Waals surface area (Å²) in [6.07, 6.45) is 3.65. The number of aryl methyl sites for hydroxylation is 1. The van der Waals surface area contributed by atoms with Gasteiger partial charge in [-0.3, -0.25) is 0 Å². The van der Waals surface area contributed by atoms with Gasteiger partial charge in [0.15, 0.2) is 0 Å². The number of hydrogen-bond acceptors (Lipinski definition) is 1.